The molecule has 0 aliphatic heterocycles. The van der Waals surface area contributed by atoms with Crippen molar-refractivity contribution >= 4 is 17.1 Å². The van der Waals surface area contributed by atoms with Gasteiger partial charge in [0.2, 0.25) is 0 Å². The number of ether oxygens (including phenoxy) is 1. The number of benzene rings is 2. The van der Waals surface area contributed by atoms with Gasteiger partial charge in [-0.3, -0.25) is 4.98 Å². The van der Waals surface area contributed by atoms with E-state index < -0.39 is 5.82 Å². The summed E-state index contributed by atoms with van der Waals surface area (Å²) < 4.78 is 20.0. The molecule has 0 radical (unpaired) electrons. The number of rotatable bonds is 11. The fourth-order valence-corrected chi connectivity index (χ4v) is 3.46. The largest absolute Gasteiger partial charge is 0.508 e. The molecule has 0 saturated heterocycles. The average Bonchev–Trinajstić information content (AvgIpc) is 2.76. The van der Waals surface area contributed by atoms with Gasteiger partial charge in [0.1, 0.15) is 11.6 Å². The van der Waals surface area contributed by atoms with Crippen LogP contribution in [0.5, 0.6) is 5.75 Å². The van der Waals surface area contributed by atoms with Crippen LogP contribution in [0.15, 0.2) is 48.7 Å². The number of hydrogen-bond acceptors (Lipinski definition) is 4. The lowest BCUT2D eigenvalue weighted by atomic mass is 10.0. The van der Waals surface area contributed by atoms with E-state index in [1.165, 1.54) is 18.9 Å². The Kier molecular flexibility index (Phi) is 8.53. The van der Waals surface area contributed by atoms with Crippen LogP contribution < -0.4 is 0 Å². The quantitative estimate of drug-likeness (QED) is 0.341. The van der Waals surface area contributed by atoms with Crippen molar-refractivity contribution in [2.45, 2.75) is 58.5 Å². The maximum atomic E-state index is 14.1. The highest BCUT2D eigenvalue weighted by molar-refractivity contribution is 5.82. The normalized spacial score (nSPS) is 12.6. The van der Waals surface area contributed by atoms with Gasteiger partial charge in [-0.25, -0.2) is 9.37 Å². The number of aromatic nitrogens is 2. The fourth-order valence-electron chi connectivity index (χ4n) is 3.46. The van der Waals surface area contributed by atoms with E-state index in [1.54, 1.807) is 12.3 Å². The van der Waals surface area contributed by atoms with E-state index in [1.807, 2.05) is 24.3 Å². The average molecular weight is 423 g/mol. The molecule has 0 fully saturated rings. The summed E-state index contributed by atoms with van der Waals surface area (Å²) in [6.45, 7) is 5.20. The Labute approximate surface area is 183 Å². The van der Waals surface area contributed by atoms with Crippen molar-refractivity contribution in [3.8, 4) is 16.9 Å². The minimum absolute atomic E-state index is 0.0905. The van der Waals surface area contributed by atoms with Crippen molar-refractivity contribution in [2.24, 2.45) is 0 Å². The summed E-state index contributed by atoms with van der Waals surface area (Å²) in [4.78, 5) is 9.11. The molecule has 0 aliphatic rings. The number of unbranched alkanes of at least 4 members (excludes halogenated alkanes) is 3. The van der Waals surface area contributed by atoms with Gasteiger partial charge in [-0.1, -0.05) is 31.9 Å². The molecule has 0 aliphatic carbocycles. The fraction of sp³-hybridized carbons (Fsp3) is 0.385. The number of phenolic OH excluding ortho intramolecular Hbond substituents is 1. The Hall–Kier alpha value is -2.79. The number of phenols is 1. The van der Waals surface area contributed by atoms with Crippen molar-refractivity contribution in [3.05, 3.63) is 60.2 Å². The van der Waals surface area contributed by atoms with Gasteiger partial charge in [-0.05, 0) is 68.5 Å². The SMILES string of the molecule is CCCCCOC(C)CCCC=Cc1cnc2cc(-c3ccc(O)cc3F)ccc2n1. The molecule has 1 atom stereocenters. The molecule has 1 heterocycles. The van der Waals surface area contributed by atoms with Gasteiger partial charge < -0.3 is 9.84 Å². The highest BCUT2D eigenvalue weighted by Crippen LogP contribution is 2.27. The van der Waals surface area contributed by atoms with Gasteiger partial charge in [0.05, 0.1) is 29.0 Å². The second-order valence-corrected chi connectivity index (χ2v) is 7.88. The van der Waals surface area contributed by atoms with Crippen LogP contribution in [-0.2, 0) is 4.74 Å². The summed E-state index contributed by atoms with van der Waals surface area (Å²) in [6.07, 6.45) is 12.9. The van der Waals surface area contributed by atoms with E-state index in [9.17, 15) is 9.50 Å². The van der Waals surface area contributed by atoms with Crippen molar-refractivity contribution in [1.29, 1.82) is 0 Å². The molecule has 3 rings (SSSR count). The number of allylic oxidation sites excluding steroid dienone is 1. The topological polar surface area (TPSA) is 55.2 Å². The lowest BCUT2D eigenvalue weighted by Crippen LogP contribution is -2.08. The standard InChI is InChI=1S/C26H31FN2O2/c1-3-4-8-15-31-19(2)9-6-5-7-10-21-18-28-26-16-20(11-14-25(26)29-21)23-13-12-22(30)17-24(23)27/h7,10-14,16-19,30H,3-6,8-9,15H2,1-2H3. The Bertz CT molecular complexity index is 1020. The van der Waals surface area contributed by atoms with Crippen LogP contribution in [-0.4, -0.2) is 27.8 Å². The van der Waals surface area contributed by atoms with Crippen molar-refractivity contribution < 1.29 is 14.2 Å². The van der Waals surface area contributed by atoms with Gasteiger partial charge in [0.25, 0.3) is 0 Å². The zero-order valence-electron chi connectivity index (χ0n) is 18.4. The first-order chi connectivity index (χ1) is 15.1. The van der Waals surface area contributed by atoms with Crippen LogP contribution in [0.2, 0.25) is 0 Å². The van der Waals surface area contributed by atoms with Gasteiger partial charge in [-0.2, -0.15) is 0 Å². The summed E-state index contributed by atoms with van der Waals surface area (Å²) in [5, 5.41) is 9.40. The first-order valence-corrected chi connectivity index (χ1v) is 11.1. The van der Waals surface area contributed by atoms with Crippen molar-refractivity contribution in [2.75, 3.05) is 6.61 Å². The van der Waals surface area contributed by atoms with Crippen LogP contribution >= 0.6 is 0 Å². The number of hydrogen-bond donors (Lipinski definition) is 1. The smallest absolute Gasteiger partial charge is 0.134 e. The molecule has 0 bridgehead atoms. The second-order valence-electron chi connectivity index (χ2n) is 7.88. The van der Waals surface area contributed by atoms with E-state index in [2.05, 4.69) is 29.9 Å². The van der Waals surface area contributed by atoms with E-state index >= 15 is 0 Å². The number of aromatic hydroxyl groups is 1. The minimum atomic E-state index is -0.465. The molecule has 0 spiro atoms. The van der Waals surface area contributed by atoms with Gasteiger partial charge >= 0.3 is 0 Å². The molecular formula is C26H31FN2O2. The minimum Gasteiger partial charge on any atom is -0.508 e. The third-order valence-corrected chi connectivity index (χ3v) is 5.24. The lowest BCUT2D eigenvalue weighted by Gasteiger charge is -2.11. The molecule has 0 amide bonds. The van der Waals surface area contributed by atoms with E-state index in [4.69, 9.17) is 4.74 Å². The summed E-state index contributed by atoms with van der Waals surface area (Å²) >= 11 is 0. The predicted molar refractivity (Wildman–Crippen MR) is 124 cm³/mol. The third-order valence-electron chi connectivity index (χ3n) is 5.24. The third kappa shape index (κ3) is 6.86. The van der Waals surface area contributed by atoms with Gasteiger partial charge in [0.15, 0.2) is 0 Å². The molecule has 1 unspecified atom stereocenters. The monoisotopic (exact) mass is 422 g/mol. The Morgan fingerprint density at radius 1 is 1.10 bits per heavy atom. The lowest BCUT2D eigenvalue weighted by molar-refractivity contribution is 0.0566. The first-order valence-electron chi connectivity index (χ1n) is 11.1. The maximum absolute atomic E-state index is 14.1. The highest BCUT2D eigenvalue weighted by Gasteiger charge is 2.08. The maximum Gasteiger partial charge on any atom is 0.134 e. The molecule has 31 heavy (non-hydrogen) atoms. The number of halogens is 1. The molecule has 164 valence electrons. The highest BCUT2D eigenvalue weighted by atomic mass is 19.1. The number of nitrogens with zero attached hydrogens (tertiary/aromatic N) is 2. The molecule has 0 saturated carbocycles. The molecule has 4 nitrogen and oxygen atoms in total. The number of fused-ring (bicyclic) bond motifs is 1. The van der Waals surface area contributed by atoms with Crippen molar-refractivity contribution in [1.82, 2.24) is 9.97 Å². The van der Waals surface area contributed by atoms with Gasteiger partial charge in [-0.15, -0.1) is 0 Å². The van der Waals surface area contributed by atoms with Crippen molar-refractivity contribution in [3.63, 3.8) is 0 Å². The van der Waals surface area contributed by atoms with E-state index in [0.717, 1.165) is 49.6 Å². The zero-order chi connectivity index (χ0) is 22.1. The molecule has 1 N–H and O–H groups in total. The Morgan fingerprint density at radius 3 is 2.77 bits per heavy atom. The predicted octanol–water partition coefficient (Wildman–Crippen LogP) is 6.92. The second kappa shape index (κ2) is 11.6. The zero-order valence-corrected chi connectivity index (χ0v) is 18.4. The molecule has 2 aromatic carbocycles. The summed E-state index contributed by atoms with van der Waals surface area (Å²) in [7, 11) is 0. The summed E-state index contributed by atoms with van der Waals surface area (Å²) in [5.41, 5.74) is 3.40. The Balaban J connectivity index is 1.54. The summed E-state index contributed by atoms with van der Waals surface area (Å²) in [5.74, 6) is -0.556. The Morgan fingerprint density at radius 2 is 1.97 bits per heavy atom. The van der Waals surface area contributed by atoms with Gasteiger partial charge in [0, 0.05) is 18.2 Å². The van der Waals surface area contributed by atoms with E-state index in [-0.39, 0.29) is 5.75 Å². The molecular weight excluding hydrogens is 391 g/mol. The molecule has 3 aromatic rings. The van der Waals surface area contributed by atoms with Crippen LogP contribution in [0, 0.1) is 5.82 Å². The first kappa shape index (κ1) is 22.9. The van der Waals surface area contributed by atoms with Crippen LogP contribution in [0.4, 0.5) is 4.39 Å². The van der Waals surface area contributed by atoms with Crippen LogP contribution in [0.3, 0.4) is 0 Å². The molecule has 5 heteroatoms. The molecule has 1 aromatic heterocycles. The van der Waals surface area contributed by atoms with Crippen LogP contribution in [0.25, 0.3) is 28.2 Å². The summed E-state index contributed by atoms with van der Waals surface area (Å²) in [6, 6.07) is 9.63. The van der Waals surface area contributed by atoms with E-state index in [0.29, 0.717) is 22.7 Å². The van der Waals surface area contributed by atoms with Crippen LogP contribution in [0.1, 0.15) is 58.1 Å².